The topological polar surface area (TPSA) is 17.1 Å². The number of hydrogen-bond acceptors (Lipinski definition) is 3. The Morgan fingerprint density at radius 1 is 0.731 bits per heavy atom. The van der Waals surface area contributed by atoms with E-state index >= 15 is 0 Å². The van der Waals surface area contributed by atoms with E-state index in [0.29, 0.717) is 0 Å². The second-order valence-electron chi connectivity index (χ2n) is 7.43. The Balaban J connectivity index is 1.72. The van der Waals surface area contributed by atoms with Gasteiger partial charge in [-0.25, -0.2) is 0 Å². The Bertz CT molecular complexity index is 428. The van der Waals surface area contributed by atoms with Crippen molar-refractivity contribution in [3.63, 3.8) is 0 Å². The number of unbranched alkanes of at least 4 members (excludes halogenated alkanes) is 15. The lowest BCUT2D eigenvalue weighted by molar-refractivity contribution is 0.112. The Morgan fingerprint density at radius 2 is 1.19 bits per heavy atom. The van der Waals surface area contributed by atoms with E-state index in [1.807, 2.05) is 17.8 Å². The monoisotopic (exact) mass is 396 g/mol. The molecule has 0 saturated heterocycles. The molecule has 1 aromatic heterocycles. The summed E-state index contributed by atoms with van der Waals surface area (Å²) in [6.07, 6.45) is 23.7. The molecule has 0 unspecified atom stereocenters. The van der Waals surface area contributed by atoms with Crippen molar-refractivity contribution in [1.29, 1.82) is 0 Å². The molecule has 0 radical (unpaired) electrons. The van der Waals surface area contributed by atoms with Gasteiger partial charge in [-0.15, -0.1) is 23.1 Å². The van der Waals surface area contributed by atoms with E-state index < -0.39 is 0 Å². The molecule has 1 aromatic rings. The largest absolute Gasteiger partial charge is 0.297 e. The first-order valence-corrected chi connectivity index (χ1v) is 12.8. The maximum Gasteiger partial charge on any atom is 0.160 e. The van der Waals surface area contributed by atoms with Crippen molar-refractivity contribution in [2.24, 2.45) is 0 Å². The second kappa shape index (κ2) is 18.1. The van der Waals surface area contributed by atoms with Crippen LogP contribution in [-0.2, 0) is 0 Å². The summed E-state index contributed by atoms with van der Waals surface area (Å²) in [5.74, 6) is 1.19. The van der Waals surface area contributed by atoms with Crippen LogP contribution in [0.25, 0.3) is 0 Å². The van der Waals surface area contributed by atoms with Gasteiger partial charge in [-0.1, -0.05) is 103 Å². The van der Waals surface area contributed by atoms with Gasteiger partial charge < -0.3 is 0 Å². The van der Waals surface area contributed by atoms with E-state index in [0.717, 1.165) is 11.2 Å². The summed E-state index contributed by atoms with van der Waals surface area (Å²) < 4.78 is 1.29. The van der Waals surface area contributed by atoms with Crippen LogP contribution < -0.4 is 0 Å². The first kappa shape index (κ1) is 23.8. The molecule has 0 fully saturated rings. The summed E-state index contributed by atoms with van der Waals surface area (Å²) in [5.41, 5.74) is 0. The molecular formula is C23H40OS2. The lowest BCUT2D eigenvalue weighted by Crippen LogP contribution is -1.84. The van der Waals surface area contributed by atoms with E-state index in [2.05, 4.69) is 13.0 Å². The number of hydrogen-bond donors (Lipinski definition) is 0. The minimum Gasteiger partial charge on any atom is -0.297 e. The van der Waals surface area contributed by atoms with E-state index in [1.165, 1.54) is 113 Å². The normalized spacial score (nSPS) is 11.1. The molecule has 0 aromatic carbocycles. The Kier molecular flexibility index (Phi) is 16.5. The zero-order valence-electron chi connectivity index (χ0n) is 17.0. The average Bonchev–Trinajstić information content (AvgIpc) is 3.12. The standard InChI is InChI=1S/C23H40OS2/c1-2-3-4-5-6-7-8-9-10-11-12-13-14-15-16-17-20-25-23-19-18-22(21-24)26-23/h18-19,21H,2-17,20H2,1H3. The van der Waals surface area contributed by atoms with Crippen molar-refractivity contribution in [2.45, 2.75) is 114 Å². The molecule has 0 aliphatic carbocycles. The van der Waals surface area contributed by atoms with Crippen LogP contribution in [0.5, 0.6) is 0 Å². The minimum atomic E-state index is 0.847. The molecule has 1 heterocycles. The maximum atomic E-state index is 10.7. The van der Waals surface area contributed by atoms with Crippen LogP contribution in [0.1, 0.15) is 119 Å². The van der Waals surface area contributed by atoms with Crippen LogP contribution in [0.15, 0.2) is 16.3 Å². The minimum absolute atomic E-state index is 0.847. The summed E-state index contributed by atoms with van der Waals surface area (Å²) >= 11 is 3.52. The Labute approximate surface area is 170 Å². The molecule has 0 bridgehead atoms. The van der Waals surface area contributed by atoms with Gasteiger partial charge in [0.05, 0.1) is 9.09 Å². The van der Waals surface area contributed by atoms with Crippen LogP contribution in [-0.4, -0.2) is 12.0 Å². The van der Waals surface area contributed by atoms with Crippen LogP contribution >= 0.6 is 23.1 Å². The molecule has 0 aliphatic rings. The highest BCUT2D eigenvalue weighted by atomic mass is 32.2. The lowest BCUT2D eigenvalue weighted by atomic mass is 10.0. The molecular weight excluding hydrogens is 356 g/mol. The third kappa shape index (κ3) is 13.9. The average molecular weight is 397 g/mol. The van der Waals surface area contributed by atoms with Crippen LogP contribution in [0.2, 0.25) is 0 Å². The number of aldehydes is 1. The Morgan fingerprint density at radius 3 is 1.62 bits per heavy atom. The molecule has 0 spiro atoms. The van der Waals surface area contributed by atoms with E-state index in [1.54, 1.807) is 11.3 Å². The Hall–Kier alpha value is -0.280. The predicted octanol–water partition coefficient (Wildman–Crippen LogP) is 8.91. The van der Waals surface area contributed by atoms with Gasteiger partial charge in [0.25, 0.3) is 0 Å². The van der Waals surface area contributed by atoms with Crippen LogP contribution in [0, 0.1) is 0 Å². The van der Waals surface area contributed by atoms with Gasteiger partial charge in [0.15, 0.2) is 6.29 Å². The fourth-order valence-electron chi connectivity index (χ4n) is 3.30. The third-order valence-corrected chi connectivity index (χ3v) is 7.28. The van der Waals surface area contributed by atoms with Crippen LogP contribution in [0.4, 0.5) is 0 Å². The predicted molar refractivity (Wildman–Crippen MR) is 120 cm³/mol. The molecule has 1 nitrogen and oxygen atoms in total. The van der Waals surface area contributed by atoms with Crippen molar-refractivity contribution >= 4 is 29.4 Å². The number of thiophene rings is 1. The fraction of sp³-hybridized carbons (Fsp3) is 0.783. The van der Waals surface area contributed by atoms with Crippen molar-refractivity contribution in [1.82, 2.24) is 0 Å². The van der Waals surface area contributed by atoms with E-state index in [-0.39, 0.29) is 0 Å². The summed E-state index contributed by atoms with van der Waals surface area (Å²) in [6.45, 7) is 2.29. The third-order valence-electron chi connectivity index (χ3n) is 4.96. The van der Waals surface area contributed by atoms with E-state index in [4.69, 9.17) is 0 Å². The van der Waals surface area contributed by atoms with Gasteiger partial charge in [-0.05, 0) is 24.3 Å². The second-order valence-corrected chi connectivity index (χ2v) is 9.94. The zero-order valence-corrected chi connectivity index (χ0v) is 18.6. The van der Waals surface area contributed by atoms with Gasteiger partial charge in [-0.2, -0.15) is 0 Å². The first-order valence-electron chi connectivity index (χ1n) is 11.0. The van der Waals surface area contributed by atoms with Crippen LogP contribution in [0.3, 0.4) is 0 Å². The SMILES string of the molecule is CCCCCCCCCCCCCCCCCCSc1ccc(C=O)s1. The number of thioether (sulfide) groups is 1. The van der Waals surface area contributed by atoms with Crippen molar-refractivity contribution < 1.29 is 4.79 Å². The molecule has 0 saturated carbocycles. The number of carbonyl (C=O) groups excluding carboxylic acids is 1. The molecule has 26 heavy (non-hydrogen) atoms. The molecule has 3 heteroatoms. The highest BCUT2D eigenvalue weighted by molar-refractivity contribution is 8.01. The smallest absolute Gasteiger partial charge is 0.160 e. The number of rotatable bonds is 19. The zero-order chi connectivity index (χ0) is 18.7. The summed E-state index contributed by atoms with van der Waals surface area (Å²) in [4.78, 5) is 11.5. The van der Waals surface area contributed by atoms with Crippen molar-refractivity contribution in [3.05, 3.63) is 17.0 Å². The van der Waals surface area contributed by atoms with Gasteiger partial charge >= 0.3 is 0 Å². The van der Waals surface area contributed by atoms with E-state index in [9.17, 15) is 4.79 Å². The fourth-order valence-corrected chi connectivity index (χ4v) is 5.34. The molecule has 0 atom stereocenters. The van der Waals surface area contributed by atoms with Gasteiger partial charge in [0.1, 0.15) is 0 Å². The number of carbonyl (C=O) groups is 1. The summed E-state index contributed by atoms with van der Waals surface area (Å²) in [6, 6.07) is 4.00. The van der Waals surface area contributed by atoms with Crippen molar-refractivity contribution in [3.8, 4) is 0 Å². The van der Waals surface area contributed by atoms with Gasteiger partial charge in [0, 0.05) is 0 Å². The van der Waals surface area contributed by atoms with Gasteiger partial charge in [0.2, 0.25) is 0 Å². The molecule has 1 rings (SSSR count). The quantitative estimate of drug-likeness (QED) is 0.132. The molecule has 150 valence electrons. The highest BCUT2D eigenvalue weighted by Gasteiger charge is 2.00. The van der Waals surface area contributed by atoms with Crippen molar-refractivity contribution in [2.75, 3.05) is 5.75 Å². The summed E-state index contributed by atoms with van der Waals surface area (Å²) in [7, 11) is 0. The first-order chi connectivity index (χ1) is 12.9. The molecule has 0 amide bonds. The summed E-state index contributed by atoms with van der Waals surface area (Å²) in [5, 5.41) is 0. The lowest BCUT2D eigenvalue weighted by Gasteiger charge is -2.03. The van der Waals surface area contributed by atoms with Gasteiger partial charge in [-0.3, -0.25) is 4.79 Å². The highest BCUT2D eigenvalue weighted by Crippen LogP contribution is 2.27. The molecule has 0 aliphatic heterocycles. The maximum absolute atomic E-state index is 10.7. The molecule has 0 N–H and O–H groups in total.